The minimum absolute atomic E-state index is 0.0287. The summed E-state index contributed by atoms with van der Waals surface area (Å²) in [5.41, 5.74) is 1.38. The van der Waals surface area contributed by atoms with Gasteiger partial charge in [-0.25, -0.2) is 14.5 Å². The first-order valence-corrected chi connectivity index (χ1v) is 9.84. The van der Waals surface area contributed by atoms with Crippen molar-refractivity contribution in [3.05, 3.63) is 60.7 Å². The summed E-state index contributed by atoms with van der Waals surface area (Å²) >= 11 is 0. The highest BCUT2D eigenvalue weighted by atomic mass is 16.2. The van der Waals surface area contributed by atoms with Crippen LogP contribution in [0.2, 0.25) is 0 Å². The molecule has 4 rings (SSSR count). The second-order valence-electron chi connectivity index (χ2n) is 7.48. The predicted molar refractivity (Wildman–Crippen MR) is 110 cm³/mol. The number of hydrogen-bond donors (Lipinski definition) is 0. The fraction of sp³-hybridized carbons (Fsp3) is 0.364. The summed E-state index contributed by atoms with van der Waals surface area (Å²) in [5.74, 6) is -0.781. The Morgan fingerprint density at radius 2 is 1.43 bits per heavy atom. The highest BCUT2D eigenvalue weighted by molar-refractivity contribution is 6.21. The molecule has 2 aliphatic heterocycles. The number of fused-ring (bicyclic) bond motifs is 1. The molecule has 0 N–H and O–H groups in total. The molecule has 0 aliphatic carbocycles. The molecule has 2 saturated heterocycles. The predicted octanol–water partition coefficient (Wildman–Crippen LogP) is 4.20. The molecule has 0 bridgehead atoms. The van der Waals surface area contributed by atoms with Crippen LogP contribution >= 0.6 is 0 Å². The van der Waals surface area contributed by atoms with Crippen LogP contribution < -0.4 is 9.80 Å². The summed E-state index contributed by atoms with van der Waals surface area (Å²) in [4.78, 5) is 34.6. The van der Waals surface area contributed by atoms with Gasteiger partial charge in [0.2, 0.25) is 0 Å². The topological polar surface area (TPSA) is 47.1 Å². The van der Waals surface area contributed by atoms with Crippen molar-refractivity contribution in [2.24, 2.45) is 5.92 Å². The summed E-state index contributed by atoms with van der Waals surface area (Å²) in [6.07, 6.45) is 0. The summed E-state index contributed by atoms with van der Waals surface area (Å²) in [6.45, 7) is 8.31. The number of carbonyl (C=O) groups excluding carboxylic acids is 2. The molecule has 146 valence electrons. The van der Waals surface area contributed by atoms with E-state index in [1.54, 1.807) is 12.1 Å². The van der Waals surface area contributed by atoms with Gasteiger partial charge >= 0.3 is 12.1 Å². The molecule has 2 aromatic rings. The number of para-hydroxylation sites is 2. The lowest BCUT2D eigenvalue weighted by molar-refractivity contribution is -0.00227. The van der Waals surface area contributed by atoms with Crippen LogP contribution in [0.15, 0.2) is 60.7 Å². The van der Waals surface area contributed by atoms with Crippen molar-refractivity contribution in [2.75, 3.05) is 29.4 Å². The van der Waals surface area contributed by atoms with E-state index in [1.165, 1.54) is 4.90 Å². The number of urea groups is 2. The van der Waals surface area contributed by atoms with Gasteiger partial charge in [0.1, 0.15) is 0 Å². The maximum Gasteiger partial charge on any atom is 0.340 e. The van der Waals surface area contributed by atoms with Gasteiger partial charge in [0.05, 0.1) is 5.69 Å². The second-order valence-corrected chi connectivity index (χ2v) is 7.48. The van der Waals surface area contributed by atoms with E-state index in [4.69, 9.17) is 0 Å². The van der Waals surface area contributed by atoms with Gasteiger partial charge in [-0.1, -0.05) is 57.2 Å². The van der Waals surface area contributed by atoms with Crippen LogP contribution in [0.5, 0.6) is 0 Å². The number of likely N-dealkylation sites (N-methyl/N-ethyl adjacent to an activating group) is 1. The van der Waals surface area contributed by atoms with Gasteiger partial charge in [-0.3, -0.25) is 14.7 Å². The summed E-state index contributed by atoms with van der Waals surface area (Å²) < 4.78 is 0. The maximum absolute atomic E-state index is 13.8. The Hall–Kier alpha value is -2.86. The highest BCUT2D eigenvalue weighted by Gasteiger charge is 2.62. The van der Waals surface area contributed by atoms with Crippen LogP contribution in [-0.2, 0) is 0 Å². The summed E-state index contributed by atoms with van der Waals surface area (Å²) in [6, 6.07) is 18.3. The molecule has 1 atom stereocenters. The number of amides is 4. The van der Waals surface area contributed by atoms with E-state index in [9.17, 15) is 9.59 Å². The van der Waals surface area contributed by atoms with Crippen LogP contribution in [0.4, 0.5) is 21.0 Å². The molecule has 2 aliphatic rings. The van der Waals surface area contributed by atoms with Crippen molar-refractivity contribution in [3.8, 4) is 0 Å². The minimum atomic E-state index is -0.810. The van der Waals surface area contributed by atoms with Crippen LogP contribution in [0.1, 0.15) is 20.8 Å². The third-order valence-electron chi connectivity index (χ3n) is 5.78. The molecule has 0 saturated carbocycles. The molecule has 2 heterocycles. The van der Waals surface area contributed by atoms with Crippen LogP contribution in [-0.4, -0.2) is 47.3 Å². The van der Waals surface area contributed by atoms with Crippen molar-refractivity contribution < 1.29 is 9.59 Å². The first kappa shape index (κ1) is 18.5. The smallest absolute Gasteiger partial charge is 0.286 e. The zero-order chi connectivity index (χ0) is 19.9. The normalized spacial score (nSPS) is 22.9. The molecule has 1 unspecified atom stereocenters. The minimum Gasteiger partial charge on any atom is -0.286 e. The van der Waals surface area contributed by atoms with E-state index in [0.717, 1.165) is 18.8 Å². The third-order valence-corrected chi connectivity index (χ3v) is 5.78. The fourth-order valence-electron chi connectivity index (χ4n) is 4.66. The van der Waals surface area contributed by atoms with E-state index in [2.05, 4.69) is 25.7 Å². The number of carbonyl (C=O) groups is 2. The average molecular weight is 378 g/mol. The van der Waals surface area contributed by atoms with Gasteiger partial charge in [-0.05, 0) is 30.8 Å². The third kappa shape index (κ3) is 2.44. The Labute approximate surface area is 165 Å². The lowest BCUT2D eigenvalue weighted by atomic mass is 9.98. The number of hydrogen-bond acceptors (Lipinski definition) is 3. The monoisotopic (exact) mass is 378 g/mol. The maximum atomic E-state index is 13.8. The SMILES string of the molecule is CCN1CCN2C(=O)N(c3ccccc3)C(=O)N(c3ccccc3)C12C(C)C. The zero-order valence-corrected chi connectivity index (χ0v) is 16.6. The number of anilines is 2. The molecule has 2 fully saturated rings. The Kier molecular flexibility index (Phi) is 4.59. The molecular weight excluding hydrogens is 352 g/mol. The standard InChI is InChI=1S/C22H26N4O2/c1-4-23-15-16-24-20(27)25(18-11-7-5-8-12-18)21(28)26(22(23,24)17(2)3)19-13-9-6-10-14-19/h5-14,17H,4,15-16H2,1-3H3. The molecule has 4 amide bonds. The van der Waals surface area contributed by atoms with Gasteiger partial charge in [-0.2, -0.15) is 0 Å². The Bertz CT molecular complexity index is 871. The molecule has 2 aromatic carbocycles. The van der Waals surface area contributed by atoms with Gasteiger partial charge in [0.25, 0.3) is 0 Å². The van der Waals surface area contributed by atoms with E-state index >= 15 is 0 Å². The highest BCUT2D eigenvalue weighted by Crippen LogP contribution is 2.44. The van der Waals surface area contributed by atoms with E-state index in [0.29, 0.717) is 12.2 Å². The average Bonchev–Trinajstić information content (AvgIpc) is 3.10. The van der Waals surface area contributed by atoms with Crippen LogP contribution in [0.25, 0.3) is 0 Å². The molecule has 28 heavy (non-hydrogen) atoms. The molecule has 0 spiro atoms. The van der Waals surface area contributed by atoms with Crippen molar-refractivity contribution in [1.82, 2.24) is 9.80 Å². The Balaban J connectivity index is 1.94. The van der Waals surface area contributed by atoms with Crippen molar-refractivity contribution in [1.29, 1.82) is 0 Å². The largest absolute Gasteiger partial charge is 0.340 e. The zero-order valence-electron chi connectivity index (χ0n) is 16.6. The van der Waals surface area contributed by atoms with E-state index < -0.39 is 5.79 Å². The fourth-order valence-corrected chi connectivity index (χ4v) is 4.66. The number of benzene rings is 2. The van der Waals surface area contributed by atoms with Gasteiger partial charge in [-0.15, -0.1) is 0 Å². The Morgan fingerprint density at radius 1 is 0.857 bits per heavy atom. The van der Waals surface area contributed by atoms with Gasteiger partial charge < -0.3 is 0 Å². The second kappa shape index (κ2) is 6.95. The van der Waals surface area contributed by atoms with Crippen LogP contribution in [0.3, 0.4) is 0 Å². The van der Waals surface area contributed by atoms with Crippen LogP contribution in [0, 0.1) is 5.92 Å². The van der Waals surface area contributed by atoms with Gasteiger partial charge in [0.15, 0.2) is 5.79 Å². The Morgan fingerprint density at radius 3 is 1.96 bits per heavy atom. The van der Waals surface area contributed by atoms with Crippen molar-refractivity contribution in [2.45, 2.75) is 26.6 Å². The molecule has 0 aromatic heterocycles. The first-order valence-electron chi connectivity index (χ1n) is 9.84. The quantitative estimate of drug-likeness (QED) is 0.801. The summed E-state index contributed by atoms with van der Waals surface area (Å²) in [7, 11) is 0. The molecular formula is C22H26N4O2. The number of nitrogens with zero attached hydrogens (tertiary/aromatic N) is 4. The lowest BCUT2D eigenvalue weighted by Gasteiger charge is -2.57. The van der Waals surface area contributed by atoms with E-state index in [1.807, 2.05) is 58.3 Å². The summed E-state index contributed by atoms with van der Waals surface area (Å²) in [5, 5.41) is 0. The van der Waals surface area contributed by atoms with Crippen molar-refractivity contribution in [3.63, 3.8) is 0 Å². The molecule has 0 radical (unpaired) electrons. The van der Waals surface area contributed by atoms with Gasteiger partial charge in [0, 0.05) is 24.7 Å². The molecule has 6 nitrogen and oxygen atoms in total. The number of rotatable bonds is 4. The lowest BCUT2D eigenvalue weighted by Crippen LogP contribution is -2.78. The van der Waals surface area contributed by atoms with E-state index in [-0.39, 0.29) is 18.0 Å². The van der Waals surface area contributed by atoms with Crippen molar-refractivity contribution >= 4 is 23.4 Å². The number of imide groups is 1. The molecule has 6 heteroatoms. The first-order chi connectivity index (χ1) is 13.5.